The number of rotatable bonds is 9. The van der Waals surface area contributed by atoms with Crippen molar-refractivity contribution >= 4 is 28.5 Å². The number of nitrogens with zero attached hydrogens (tertiary/aromatic N) is 5. The fourth-order valence-corrected chi connectivity index (χ4v) is 5.84. The number of para-hydroxylation sites is 1. The summed E-state index contributed by atoms with van der Waals surface area (Å²) in [5.74, 6) is 0.166. The predicted octanol–water partition coefficient (Wildman–Crippen LogP) is 4.08. The smallest absolute Gasteiger partial charge is 0.247 e. The van der Waals surface area contributed by atoms with Crippen LogP contribution < -0.4 is 10.2 Å². The molecule has 41 heavy (non-hydrogen) atoms. The van der Waals surface area contributed by atoms with Gasteiger partial charge in [-0.25, -0.2) is 4.68 Å². The van der Waals surface area contributed by atoms with Crippen molar-refractivity contribution in [1.82, 2.24) is 25.2 Å². The summed E-state index contributed by atoms with van der Waals surface area (Å²) in [4.78, 5) is 32.1. The molecular weight excluding hydrogens is 520 g/mol. The zero-order valence-electron chi connectivity index (χ0n) is 23.2. The maximum Gasteiger partial charge on any atom is 0.247 e. The second kappa shape index (κ2) is 12.6. The van der Waals surface area contributed by atoms with Crippen molar-refractivity contribution in [2.75, 3.05) is 31.2 Å². The monoisotopic (exact) mass is 556 g/mol. The molecule has 3 heterocycles. The zero-order chi connectivity index (χ0) is 28.0. The molecule has 214 valence electrons. The van der Waals surface area contributed by atoms with Crippen LogP contribution in [0.2, 0.25) is 0 Å². The van der Waals surface area contributed by atoms with Gasteiger partial charge in [-0.15, -0.1) is 5.10 Å². The number of morpholine rings is 1. The normalized spacial score (nSPS) is 16.9. The van der Waals surface area contributed by atoms with Gasteiger partial charge in [0, 0.05) is 24.8 Å². The third kappa shape index (κ3) is 6.27. The minimum Gasteiger partial charge on any atom is -0.467 e. The van der Waals surface area contributed by atoms with Crippen LogP contribution in [-0.4, -0.2) is 64.1 Å². The third-order valence-electron chi connectivity index (χ3n) is 8.03. The first-order valence-electron chi connectivity index (χ1n) is 14.5. The van der Waals surface area contributed by atoms with E-state index in [1.807, 2.05) is 54.6 Å². The fourth-order valence-electron chi connectivity index (χ4n) is 5.84. The molecule has 10 heteroatoms. The van der Waals surface area contributed by atoms with E-state index >= 15 is 0 Å². The summed E-state index contributed by atoms with van der Waals surface area (Å²) in [6, 6.07) is 18.4. The lowest BCUT2D eigenvalue weighted by atomic mass is 9.94. The molecule has 10 nitrogen and oxygen atoms in total. The Kier molecular flexibility index (Phi) is 8.27. The highest BCUT2D eigenvalue weighted by Crippen LogP contribution is 2.28. The third-order valence-corrected chi connectivity index (χ3v) is 8.03. The van der Waals surface area contributed by atoms with Crippen molar-refractivity contribution in [3.8, 4) is 0 Å². The molecule has 6 rings (SSSR count). The largest absolute Gasteiger partial charge is 0.467 e. The molecule has 1 atom stereocenters. The average Bonchev–Trinajstić information content (AvgIpc) is 3.68. The van der Waals surface area contributed by atoms with Crippen molar-refractivity contribution in [3.05, 3.63) is 78.3 Å². The summed E-state index contributed by atoms with van der Waals surface area (Å²) >= 11 is 0. The van der Waals surface area contributed by atoms with Crippen LogP contribution in [0.1, 0.15) is 49.5 Å². The number of amides is 2. The Hall–Kier alpha value is -4.18. The second-order valence-corrected chi connectivity index (χ2v) is 10.8. The van der Waals surface area contributed by atoms with Crippen molar-refractivity contribution in [1.29, 1.82) is 0 Å². The van der Waals surface area contributed by atoms with Crippen LogP contribution in [0.3, 0.4) is 0 Å². The topological polar surface area (TPSA) is 106 Å². The molecule has 0 spiro atoms. The molecule has 0 bridgehead atoms. The number of anilines is 1. The van der Waals surface area contributed by atoms with E-state index in [2.05, 4.69) is 20.5 Å². The number of benzene rings is 2. The molecule has 0 unspecified atom stereocenters. The van der Waals surface area contributed by atoms with Crippen LogP contribution in [0.25, 0.3) is 11.0 Å². The minimum atomic E-state index is -0.844. The highest BCUT2D eigenvalue weighted by atomic mass is 16.5. The van der Waals surface area contributed by atoms with Crippen LogP contribution in [0.15, 0.2) is 71.3 Å². The maximum atomic E-state index is 14.1. The molecule has 1 saturated carbocycles. The number of nitrogens with one attached hydrogen (secondary N) is 1. The Morgan fingerprint density at radius 1 is 0.976 bits per heavy atom. The van der Waals surface area contributed by atoms with E-state index < -0.39 is 6.04 Å². The number of fused-ring (bicyclic) bond motifs is 1. The summed E-state index contributed by atoms with van der Waals surface area (Å²) in [6.07, 6.45) is 6.86. The lowest BCUT2D eigenvalue weighted by Crippen LogP contribution is -2.47. The van der Waals surface area contributed by atoms with E-state index in [9.17, 15) is 9.59 Å². The molecule has 2 fully saturated rings. The molecule has 0 radical (unpaired) electrons. The Labute approximate surface area is 239 Å². The Morgan fingerprint density at radius 3 is 2.51 bits per heavy atom. The van der Waals surface area contributed by atoms with Crippen molar-refractivity contribution < 1.29 is 18.7 Å². The van der Waals surface area contributed by atoms with E-state index in [0.717, 1.165) is 55.5 Å². The van der Waals surface area contributed by atoms with E-state index in [1.54, 1.807) is 21.9 Å². The average molecular weight is 557 g/mol. The lowest BCUT2D eigenvalue weighted by Gasteiger charge is -2.33. The molecule has 1 N–H and O–H groups in total. The predicted molar refractivity (Wildman–Crippen MR) is 154 cm³/mol. The summed E-state index contributed by atoms with van der Waals surface area (Å²) < 4.78 is 12.7. The summed E-state index contributed by atoms with van der Waals surface area (Å²) in [7, 11) is 0. The lowest BCUT2D eigenvalue weighted by molar-refractivity contribution is -0.142. The highest BCUT2D eigenvalue weighted by Gasteiger charge is 2.34. The number of aromatic nitrogens is 3. The summed E-state index contributed by atoms with van der Waals surface area (Å²) in [6.45, 7) is 3.11. The van der Waals surface area contributed by atoms with E-state index in [0.29, 0.717) is 24.5 Å². The van der Waals surface area contributed by atoms with Gasteiger partial charge in [-0.3, -0.25) is 9.59 Å². The Bertz CT molecular complexity index is 1440. The first kappa shape index (κ1) is 27.0. The number of carbonyl (C=O) groups excluding carboxylic acids is 2. The van der Waals surface area contributed by atoms with E-state index in [-0.39, 0.29) is 30.9 Å². The van der Waals surface area contributed by atoms with Gasteiger partial charge < -0.3 is 24.3 Å². The standard InChI is InChI=1S/C31H36N6O4/c38-29(22-37-28-11-5-4-10-27(28)33-34-37)36(21-26-9-6-18-41-26)30(31(39)32-24-7-2-1-3-8-24)23-12-14-25(15-13-23)35-16-19-40-20-17-35/h4-6,9-15,18,24,30H,1-3,7-8,16-17,19-22H2,(H,32,39)/t30-/m0/s1. The zero-order valence-corrected chi connectivity index (χ0v) is 23.2. The number of carbonyl (C=O) groups is 2. The van der Waals surface area contributed by atoms with Crippen molar-refractivity contribution in [2.45, 2.75) is 57.3 Å². The van der Waals surface area contributed by atoms with E-state index in [4.69, 9.17) is 9.15 Å². The first-order chi connectivity index (χ1) is 20.2. The van der Waals surface area contributed by atoms with Gasteiger partial charge in [0.15, 0.2) is 0 Å². The highest BCUT2D eigenvalue weighted by molar-refractivity contribution is 5.89. The van der Waals surface area contributed by atoms with Gasteiger partial charge >= 0.3 is 0 Å². The van der Waals surface area contributed by atoms with Gasteiger partial charge in [0.2, 0.25) is 11.8 Å². The SMILES string of the molecule is O=C(NC1CCCCC1)[C@H](c1ccc(N2CCOCC2)cc1)N(Cc1ccco1)C(=O)Cn1nnc2ccccc21. The molecule has 1 aliphatic carbocycles. The molecule has 2 aromatic carbocycles. The molecule has 2 aliphatic rings. The fraction of sp³-hybridized carbons (Fsp3) is 0.419. The summed E-state index contributed by atoms with van der Waals surface area (Å²) in [5, 5.41) is 11.7. The maximum absolute atomic E-state index is 14.1. The molecule has 1 aliphatic heterocycles. The van der Waals surface area contributed by atoms with Gasteiger partial charge in [0.05, 0.1) is 31.5 Å². The van der Waals surface area contributed by atoms with Crippen molar-refractivity contribution in [3.63, 3.8) is 0 Å². The quantitative estimate of drug-likeness (QED) is 0.331. The number of hydrogen-bond donors (Lipinski definition) is 1. The molecule has 2 amide bonds. The second-order valence-electron chi connectivity index (χ2n) is 10.8. The van der Waals surface area contributed by atoms with E-state index in [1.165, 1.54) is 6.42 Å². The van der Waals surface area contributed by atoms with Crippen LogP contribution in [0.5, 0.6) is 0 Å². The van der Waals surface area contributed by atoms with Crippen LogP contribution >= 0.6 is 0 Å². The minimum absolute atomic E-state index is 0.0553. The van der Waals surface area contributed by atoms with Gasteiger partial charge in [0.25, 0.3) is 0 Å². The summed E-state index contributed by atoms with van der Waals surface area (Å²) in [5.41, 5.74) is 3.29. The van der Waals surface area contributed by atoms with Gasteiger partial charge in [0.1, 0.15) is 23.9 Å². The first-order valence-corrected chi connectivity index (χ1v) is 14.5. The Morgan fingerprint density at radius 2 is 1.76 bits per heavy atom. The van der Waals surface area contributed by atoms with Gasteiger partial charge in [-0.05, 0) is 54.8 Å². The Balaban J connectivity index is 1.33. The number of hydrogen-bond acceptors (Lipinski definition) is 7. The van der Waals surface area contributed by atoms with Crippen molar-refractivity contribution in [2.24, 2.45) is 0 Å². The van der Waals surface area contributed by atoms with Crippen LogP contribution in [0, 0.1) is 0 Å². The van der Waals surface area contributed by atoms with Crippen LogP contribution in [0.4, 0.5) is 5.69 Å². The van der Waals surface area contributed by atoms with Gasteiger partial charge in [-0.2, -0.15) is 0 Å². The molecule has 4 aromatic rings. The molecular formula is C31H36N6O4. The number of ether oxygens (including phenoxy) is 1. The number of furan rings is 1. The van der Waals surface area contributed by atoms with Crippen LogP contribution in [-0.2, 0) is 27.4 Å². The molecule has 2 aromatic heterocycles. The molecule has 1 saturated heterocycles. The van der Waals surface area contributed by atoms with Gasteiger partial charge in [-0.1, -0.05) is 48.7 Å².